The molecule has 2 N–H and O–H groups in total. The van der Waals surface area contributed by atoms with Crippen LogP contribution in [0.4, 0.5) is 0 Å². The molecule has 0 radical (unpaired) electrons. The van der Waals surface area contributed by atoms with Crippen molar-refractivity contribution in [1.29, 1.82) is 0 Å². The predicted octanol–water partition coefficient (Wildman–Crippen LogP) is 1.76. The summed E-state index contributed by atoms with van der Waals surface area (Å²) in [6, 6.07) is 8.18. The lowest BCUT2D eigenvalue weighted by atomic mass is 10.1. The Morgan fingerprint density at radius 2 is 1.88 bits per heavy atom. The van der Waals surface area contributed by atoms with E-state index in [0.717, 1.165) is 63.9 Å². The van der Waals surface area contributed by atoms with Crippen LogP contribution >= 0.6 is 0 Å². The second-order valence-electron chi connectivity index (χ2n) is 5.94. The number of hydrogen-bond donors (Lipinski definition) is 2. The van der Waals surface area contributed by atoms with E-state index in [2.05, 4.69) is 46.6 Å². The van der Waals surface area contributed by atoms with E-state index in [9.17, 15) is 0 Å². The highest BCUT2D eigenvalue weighted by Crippen LogP contribution is 2.11. The second kappa shape index (κ2) is 13.5. The summed E-state index contributed by atoms with van der Waals surface area (Å²) >= 11 is 0. The van der Waals surface area contributed by atoms with Crippen LogP contribution in [0.15, 0.2) is 29.3 Å². The van der Waals surface area contributed by atoms with Gasteiger partial charge in [0, 0.05) is 39.9 Å². The van der Waals surface area contributed by atoms with Crippen LogP contribution in [0, 0.1) is 0 Å². The van der Waals surface area contributed by atoms with Gasteiger partial charge in [-0.25, -0.2) is 0 Å². The van der Waals surface area contributed by atoms with Crippen molar-refractivity contribution in [1.82, 2.24) is 15.5 Å². The number of hydrogen-bond acceptors (Lipinski definition) is 4. The van der Waals surface area contributed by atoms with E-state index >= 15 is 0 Å². The number of nitrogens with zero attached hydrogens (tertiary/aromatic N) is 2. The van der Waals surface area contributed by atoms with E-state index in [1.165, 1.54) is 5.56 Å². The largest absolute Gasteiger partial charge is 0.497 e. The monoisotopic (exact) mass is 350 g/mol. The van der Waals surface area contributed by atoms with Gasteiger partial charge in [0.25, 0.3) is 0 Å². The molecule has 0 aliphatic heterocycles. The fourth-order valence-electron chi connectivity index (χ4n) is 2.38. The van der Waals surface area contributed by atoms with Crippen molar-refractivity contribution >= 4 is 5.96 Å². The molecular formula is C19H34N4O2. The predicted molar refractivity (Wildman–Crippen MR) is 105 cm³/mol. The molecule has 142 valence electrons. The Labute approximate surface area is 152 Å². The molecule has 1 aromatic rings. The first-order chi connectivity index (χ1) is 12.2. The molecular weight excluding hydrogens is 316 g/mol. The van der Waals surface area contributed by atoms with Crippen LogP contribution in [-0.2, 0) is 11.2 Å². The SMILES string of the molecule is CCNC(=NCCN(C)CCCOC)NCCc1ccc(OC)cc1. The van der Waals surface area contributed by atoms with Gasteiger partial charge in [0.05, 0.1) is 13.7 Å². The molecule has 6 heteroatoms. The van der Waals surface area contributed by atoms with Gasteiger partial charge in [-0.15, -0.1) is 0 Å². The molecule has 0 aromatic heterocycles. The fourth-order valence-corrected chi connectivity index (χ4v) is 2.38. The number of nitrogens with one attached hydrogen (secondary N) is 2. The van der Waals surface area contributed by atoms with Gasteiger partial charge in [-0.2, -0.15) is 0 Å². The second-order valence-corrected chi connectivity index (χ2v) is 5.94. The third-order valence-electron chi connectivity index (χ3n) is 3.85. The summed E-state index contributed by atoms with van der Waals surface area (Å²) < 4.78 is 10.3. The lowest BCUT2D eigenvalue weighted by molar-refractivity contribution is 0.180. The Morgan fingerprint density at radius 3 is 2.52 bits per heavy atom. The van der Waals surface area contributed by atoms with Crippen LogP contribution in [0.5, 0.6) is 5.75 Å². The Morgan fingerprint density at radius 1 is 1.12 bits per heavy atom. The lowest BCUT2D eigenvalue weighted by Gasteiger charge is -2.16. The normalized spacial score (nSPS) is 11.6. The van der Waals surface area contributed by atoms with Crippen LogP contribution < -0.4 is 15.4 Å². The van der Waals surface area contributed by atoms with Crippen LogP contribution in [0.3, 0.4) is 0 Å². The van der Waals surface area contributed by atoms with Gasteiger partial charge in [0.15, 0.2) is 5.96 Å². The van der Waals surface area contributed by atoms with Crippen molar-refractivity contribution in [3.8, 4) is 5.75 Å². The zero-order chi connectivity index (χ0) is 18.3. The smallest absolute Gasteiger partial charge is 0.191 e. The molecule has 6 nitrogen and oxygen atoms in total. The maximum atomic E-state index is 5.18. The molecule has 0 heterocycles. The van der Waals surface area contributed by atoms with E-state index < -0.39 is 0 Å². The molecule has 25 heavy (non-hydrogen) atoms. The van der Waals surface area contributed by atoms with Gasteiger partial charge in [0.2, 0.25) is 0 Å². The summed E-state index contributed by atoms with van der Waals surface area (Å²) in [7, 11) is 5.55. The van der Waals surface area contributed by atoms with E-state index in [4.69, 9.17) is 9.47 Å². The van der Waals surface area contributed by atoms with Crippen LogP contribution in [0.25, 0.3) is 0 Å². The third kappa shape index (κ3) is 9.94. The number of aliphatic imine (C=N–C) groups is 1. The van der Waals surface area contributed by atoms with Crippen molar-refractivity contribution in [3.05, 3.63) is 29.8 Å². The number of rotatable bonds is 12. The maximum absolute atomic E-state index is 5.18. The average molecular weight is 351 g/mol. The molecule has 0 bridgehead atoms. The molecule has 1 rings (SSSR count). The minimum Gasteiger partial charge on any atom is -0.497 e. The average Bonchev–Trinajstić information content (AvgIpc) is 2.62. The Kier molecular flexibility index (Phi) is 11.5. The fraction of sp³-hybridized carbons (Fsp3) is 0.632. The molecule has 0 amide bonds. The minimum absolute atomic E-state index is 0.779. The lowest BCUT2D eigenvalue weighted by Crippen LogP contribution is -2.39. The van der Waals surface area contributed by atoms with Gasteiger partial charge in [0.1, 0.15) is 5.75 Å². The van der Waals surface area contributed by atoms with Crippen molar-refractivity contribution < 1.29 is 9.47 Å². The quantitative estimate of drug-likeness (QED) is 0.342. The van der Waals surface area contributed by atoms with Crippen molar-refractivity contribution in [2.45, 2.75) is 19.8 Å². The first-order valence-corrected chi connectivity index (χ1v) is 9.02. The first-order valence-electron chi connectivity index (χ1n) is 9.02. The molecule has 0 aliphatic carbocycles. The number of likely N-dealkylation sites (N-methyl/N-ethyl adjacent to an activating group) is 1. The highest BCUT2D eigenvalue weighted by Gasteiger charge is 2.00. The van der Waals surface area contributed by atoms with Gasteiger partial charge in [-0.3, -0.25) is 4.99 Å². The topological polar surface area (TPSA) is 58.1 Å². The van der Waals surface area contributed by atoms with E-state index in [1.807, 2.05) is 12.1 Å². The Hall–Kier alpha value is -1.79. The van der Waals surface area contributed by atoms with Crippen LogP contribution in [0.1, 0.15) is 18.9 Å². The molecule has 1 aromatic carbocycles. The van der Waals surface area contributed by atoms with Crippen LogP contribution in [0.2, 0.25) is 0 Å². The zero-order valence-electron chi connectivity index (χ0n) is 16.2. The molecule has 0 unspecified atom stereocenters. The molecule has 0 fully saturated rings. The standard InChI is InChI=1S/C19H34N4O2/c1-5-20-19(22-13-15-23(2)14-6-16-24-3)21-12-11-17-7-9-18(25-4)10-8-17/h7-10H,5-6,11-16H2,1-4H3,(H2,20,21,22). The molecule has 0 saturated carbocycles. The summed E-state index contributed by atoms with van der Waals surface area (Å²) in [6.07, 6.45) is 2.00. The number of benzene rings is 1. The van der Waals surface area contributed by atoms with Gasteiger partial charge < -0.3 is 25.0 Å². The first kappa shape index (κ1) is 21.3. The highest BCUT2D eigenvalue weighted by molar-refractivity contribution is 5.79. The van der Waals surface area contributed by atoms with Gasteiger partial charge in [-0.05, 0) is 44.5 Å². The molecule has 0 saturated heterocycles. The summed E-state index contributed by atoms with van der Waals surface area (Å²) in [5, 5.41) is 6.69. The maximum Gasteiger partial charge on any atom is 0.191 e. The van der Waals surface area contributed by atoms with Crippen molar-refractivity contribution in [2.75, 3.05) is 60.6 Å². The number of methoxy groups -OCH3 is 2. The van der Waals surface area contributed by atoms with E-state index in [0.29, 0.717) is 0 Å². The Balaban J connectivity index is 2.31. The van der Waals surface area contributed by atoms with Crippen LogP contribution in [-0.4, -0.2) is 71.5 Å². The molecule has 0 atom stereocenters. The summed E-state index contributed by atoms with van der Waals surface area (Å²) in [4.78, 5) is 6.92. The zero-order valence-corrected chi connectivity index (χ0v) is 16.2. The summed E-state index contributed by atoms with van der Waals surface area (Å²) in [5.41, 5.74) is 1.28. The van der Waals surface area contributed by atoms with Crippen molar-refractivity contribution in [2.24, 2.45) is 4.99 Å². The summed E-state index contributed by atoms with van der Waals surface area (Å²) in [5.74, 6) is 1.77. The minimum atomic E-state index is 0.779. The van der Waals surface area contributed by atoms with E-state index in [-0.39, 0.29) is 0 Å². The highest BCUT2D eigenvalue weighted by atomic mass is 16.5. The Bertz CT molecular complexity index is 477. The third-order valence-corrected chi connectivity index (χ3v) is 3.85. The summed E-state index contributed by atoms with van der Waals surface area (Å²) in [6.45, 7) is 7.35. The van der Waals surface area contributed by atoms with Gasteiger partial charge in [-0.1, -0.05) is 12.1 Å². The number of ether oxygens (including phenoxy) is 2. The molecule has 0 spiro atoms. The van der Waals surface area contributed by atoms with E-state index in [1.54, 1.807) is 14.2 Å². The number of guanidine groups is 1. The molecule has 0 aliphatic rings. The van der Waals surface area contributed by atoms with Crippen molar-refractivity contribution in [3.63, 3.8) is 0 Å². The van der Waals surface area contributed by atoms with Gasteiger partial charge >= 0.3 is 0 Å².